The highest BCUT2D eigenvalue weighted by molar-refractivity contribution is 7.80. The Bertz CT molecular complexity index is 303. The molecule has 1 heterocycles. The summed E-state index contributed by atoms with van der Waals surface area (Å²) in [7, 11) is 0. The van der Waals surface area contributed by atoms with Crippen molar-refractivity contribution in [2.75, 3.05) is 12.3 Å². The Morgan fingerprint density at radius 3 is 2.87 bits per heavy atom. The highest BCUT2D eigenvalue weighted by atomic mass is 32.1. The number of aromatic nitrogens is 1. The molecule has 0 aliphatic carbocycles. The maximum atomic E-state index is 11.6. The molecule has 1 rings (SSSR count). The molecule has 1 aromatic heterocycles. The van der Waals surface area contributed by atoms with E-state index in [0.717, 1.165) is 5.69 Å². The predicted octanol–water partition coefficient (Wildman–Crippen LogP) is 1.75. The van der Waals surface area contributed by atoms with Crippen molar-refractivity contribution in [2.24, 2.45) is 0 Å². The SMILES string of the molecule is CCN(Cc1ccccn1)C(=O)CCS. The van der Waals surface area contributed by atoms with Crippen LogP contribution in [0.2, 0.25) is 0 Å². The van der Waals surface area contributed by atoms with Gasteiger partial charge in [0.1, 0.15) is 0 Å². The minimum atomic E-state index is 0.137. The minimum absolute atomic E-state index is 0.137. The highest BCUT2D eigenvalue weighted by Gasteiger charge is 2.10. The summed E-state index contributed by atoms with van der Waals surface area (Å²) >= 11 is 4.06. The minimum Gasteiger partial charge on any atom is -0.337 e. The Kier molecular flexibility index (Phi) is 5.18. The lowest BCUT2D eigenvalue weighted by molar-refractivity contribution is -0.131. The van der Waals surface area contributed by atoms with Gasteiger partial charge in [0.2, 0.25) is 5.91 Å². The third-order valence-electron chi connectivity index (χ3n) is 2.14. The molecule has 0 N–H and O–H groups in total. The lowest BCUT2D eigenvalue weighted by Crippen LogP contribution is -2.30. The largest absolute Gasteiger partial charge is 0.337 e. The predicted molar refractivity (Wildman–Crippen MR) is 63.8 cm³/mol. The molecule has 3 nitrogen and oxygen atoms in total. The van der Waals surface area contributed by atoms with Crippen molar-refractivity contribution in [3.8, 4) is 0 Å². The lowest BCUT2D eigenvalue weighted by Gasteiger charge is -2.19. The molecule has 82 valence electrons. The molecule has 1 aromatic rings. The van der Waals surface area contributed by atoms with E-state index in [1.54, 1.807) is 11.1 Å². The fourth-order valence-electron chi connectivity index (χ4n) is 1.32. The van der Waals surface area contributed by atoms with Gasteiger partial charge in [0.15, 0.2) is 0 Å². The second kappa shape index (κ2) is 6.45. The van der Waals surface area contributed by atoms with E-state index >= 15 is 0 Å². The zero-order valence-corrected chi connectivity index (χ0v) is 9.78. The molecular formula is C11H16N2OS. The Balaban J connectivity index is 2.58. The lowest BCUT2D eigenvalue weighted by atomic mass is 10.3. The van der Waals surface area contributed by atoms with Gasteiger partial charge in [-0.15, -0.1) is 0 Å². The smallest absolute Gasteiger partial charge is 0.223 e. The van der Waals surface area contributed by atoms with E-state index in [2.05, 4.69) is 17.6 Å². The molecular weight excluding hydrogens is 208 g/mol. The van der Waals surface area contributed by atoms with E-state index < -0.39 is 0 Å². The van der Waals surface area contributed by atoms with E-state index in [-0.39, 0.29) is 5.91 Å². The van der Waals surface area contributed by atoms with Crippen LogP contribution in [0.1, 0.15) is 19.0 Å². The molecule has 0 spiro atoms. The molecule has 0 unspecified atom stereocenters. The van der Waals surface area contributed by atoms with Crippen LogP contribution in [0.3, 0.4) is 0 Å². The maximum absolute atomic E-state index is 11.6. The fraction of sp³-hybridized carbons (Fsp3) is 0.455. The monoisotopic (exact) mass is 224 g/mol. The summed E-state index contributed by atoms with van der Waals surface area (Å²) < 4.78 is 0. The number of carbonyl (C=O) groups is 1. The summed E-state index contributed by atoms with van der Waals surface area (Å²) in [5.41, 5.74) is 0.923. The van der Waals surface area contributed by atoms with Gasteiger partial charge in [-0.05, 0) is 24.8 Å². The molecule has 0 saturated carbocycles. The van der Waals surface area contributed by atoms with Gasteiger partial charge >= 0.3 is 0 Å². The Hall–Kier alpha value is -1.03. The van der Waals surface area contributed by atoms with Crippen LogP contribution in [0, 0.1) is 0 Å². The average molecular weight is 224 g/mol. The van der Waals surface area contributed by atoms with Gasteiger partial charge in [-0.1, -0.05) is 6.07 Å². The number of carbonyl (C=O) groups excluding carboxylic acids is 1. The summed E-state index contributed by atoms with van der Waals surface area (Å²) in [5, 5.41) is 0. The fourth-order valence-corrected chi connectivity index (χ4v) is 1.51. The van der Waals surface area contributed by atoms with Gasteiger partial charge in [0, 0.05) is 19.2 Å². The van der Waals surface area contributed by atoms with E-state index in [4.69, 9.17) is 0 Å². The summed E-state index contributed by atoms with van der Waals surface area (Å²) in [6.07, 6.45) is 2.23. The summed E-state index contributed by atoms with van der Waals surface area (Å²) in [6.45, 7) is 3.27. The zero-order valence-electron chi connectivity index (χ0n) is 8.89. The summed E-state index contributed by atoms with van der Waals surface area (Å²) in [6, 6.07) is 5.73. The van der Waals surface area contributed by atoms with Crippen molar-refractivity contribution in [3.63, 3.8) is 0 Å². The van der Waals surface area contributed by atoms with Gasteiger partial charge in [0.25, 0.3) is 0 Å². The zero-order chi connectivity index (χ0) is 11.1. The van der Waals surface area contributed by atoms with Crippen LogP contribution in [0.15, 0.2) is 24.4 Å². The van der Waals surface area contributed by atoms with Crippen molar-refractivity contribution in [2.45, 2.75) is 19.9 Å². The van der Waals surface area contributed by atoms with Gasteiger partial charge in [-0.25, -0.2) is 0 Å². The molecule has 0 bridgehead atoms. The van der Waals surface area contributed by atoms with E-state index in [1.165, 1.54) is 0 Å². The van der Waals surface area contributed by atoms with E-state index in [1.807, 2.05) is 25.1 Å². The number of hydrogen-bond acceptors (Lipinski definition) is 3. The molecule has 0 atom stereocenters. The normalized spacial score (nSPS) is 10.0. The second-order valence-corrected chi connectivity index (χ2v) is 3.65. The van der Waals surface area contributed by atoms with Crippen LogP contribution in [0.25, 0.3) is 0 Å². The first-order chi connectivity index (χ1) is 7.27. The molecule has 0 aliphatic rings. The van der Waals surface area contributed by atoms with Crippen LogP contribution in [0.5, 0.6) is 0 Å². The number of pyridine rings is 1. The van der Waals surface area contributed by atoms with Gasteiger partial charge in [0.05, 0.1) is 12.2 Å². The van der Waals surface area contributed by atoms with Gasteiger partial charge in [-0.3, -0.25) is 9.78 Å². The van der Waals surface area contributed by atoms with Crippen LogP contribution in [-0.4, -0.2) is 28.1 Å². The van der Waals surface area contributed by atoms with Crippen molar-refractivity contribution >= 4 is 18.5 Å². The maximum Gasteiger partial charge on any atom is 0.223 e. The molecule has 0 aliphatic heterocycles. The topological polar surface area (TPSA) is 33.2 Å². The number of amides is 1. The van der Waals surface area contributed by atoms with E-state index in [0.29, 0.717) is 25.3 Å². The number of rotatable bonds is 5. The first-order valence-electron chi connectivity index (χ1n) is 5.06. The standard InChI is InChI=1S/C11H16N2OS/c1-2-13(11(14)6-8-15)9-10-5-3-4-7-12-10/h3-5,7,15H,2,6,8-9H2,1H3. The highest BCUT2D eigenvalue weighted by Crippen LogP contribution is 2.03. The van der Waals surface area contributed by atoms with Gasteiger partial charge in [-0.2, -0.15) is 12.6 Å². The van der Waals surface area contributed by atoms with E-state index in [9.17, 15) is 4.79 Å². The van der Waals surface area contributed by atoms with Crippen LogP contribution < -0.4 is 0 Å². The van der Waals surface area contributed by atoms with Crippen LogP contribution >= 0.6 is 12.6 Å². The first-order valence-corrected chi connectivity index (χ1v) is 5.69. The number of hydrogen-bond donors (Lipinski definition) is 1. The number of nitrogens with zero attached hydrogens (tertiary/aromatic N) is 2. The summed E-state index contributed by atoms with van der Waals surface area (Å²) in [5.74, 6) is 0.732. The Labute approximate surface area is 95.9 Å². The molecule has 0 fully saturated rings. The third-order valence-corrected chi connectivity index (χ3v) is 2.36. The van der Waals surface area contributed by atoms with Crippen LogP contribution in [-0.2, 0) is 11.3 Å². The van der Waals surface area contributed by atoms with Crippen molar-refractivity contribution in [3.05, 3.63) is 30.1 Å². The quantitative estimate of drug-likeness (QED) is 0.773. The number of thiol groups is 1. The summed E-state index contributed by atoms with van der Waals surface area (Å²) in [4.78, 5) is 17.6. The van der Waals surface area contributed by atoms with Crippen molar-refractivity contribution < 1.29 is 4.79 Å². The molecule has 0 aromatic carbocycles. The second-order valence-electron chi connectivity index (χ2n) is 3.20. The van der Waals surface area contributed by atoms with Crippen LogP contribution in [0.4, 0.5) is 0 Å². The third kappa shape index (κ3) is 3.91. The molecule has 0 radical (unpaired) electrons. The average Bonchev–Trinajstić information content (AvgIpc) is 2.27. The molecule has 1 amide bonds. The Morgan fingerprint density at radius 1 is 1.53 bits per heavy atom. The van der Waals surface area contributed by atoms with Crippen molar-refractivity contribution in [1.29, 1.82) is 0 Å². The molecule has 4 heteroatoms. The van der Waals surface area contributed by atoms with Crippen molar-refractivity contribution in [1.82, 2.24) is 9.88 Å². The Morgan fingerprint density at radius 2 is 2.33 bits per heavy atom. The first kappa shape index (κ1) is 12.0. The molecule has 15 heavy (non-hydrogen) atoms. The molecule has 0 saturated heterocycles. The van der Waals surface area contributed by atoms with Gasteiger partial charge < -0.3 is 4.90 Å².